The van der Waals surface area contributed by atoms with Crippen LogP contribution in [0.5, 0.6) is 0 Å². The summed E-state index contributed by atoms with van der Waals surface area (Å²) < 4.78 is 41.7. The molecule has 3 aromatic rings. The fourth-order valence-electron chi connectivity index (χ4n) is 2.79. The van der Waals surface area contributed by atoms with Crippen LogP contribution in [0.25, 0.3) is 11.0 Å². The second-order valence-electron chi connectivity index (χ2n) is 6.63. The largest absolute Gasteiger partial charge is 0.411 e. The van der Waals surface area contributed by atoms with E-state index in [4.69, 9.17) is 11.6 Å². The number of halogens is 4. The lowest BCUT2D eigenvalue weighted by atomic mass is 10.0. The van der Waals surface area contributed by atoms with Gasteiger partial charge in [0.1, 0.15) is 17.2 Å². The predicted octanol–water partition coefficient (Wildman–Crippen LogP) is 4.55. The van der Waals surface area contributed by atoms with E-state index >= 15 is 0 Å². The minimum atomic E-state index is -1.12. The van der Waals surface area contributed by atoms with Gasteiger partial charge in [0.05, 0.1) is 22.8 Å². The number of aromatic nitrogens is 2. The fourth-order valence-corrected chi connectivity index (χ4v) is 2.99. The van der Waals surface area contributed by atoms with E-state index in [0.717, 1.165) is 6.07 Å². The molecule has 0 saturated carbocycles. The highest BCUT2D eigenvalue weighted by Crippen LogP contribution is 2.25. The third-order valence-corrected chi connectivity index (χ3v) is 4.47. The SMILES string of the molecule is CC(C)NCc1nc2c(F)c(F)cc(/C(Cc3ccc(F)c(Cl)c3)=N/O)c2[nH]1. The highest BCUT2D eigenvalue weighted by atomic mass is 35.5. The number of fused-ring (bicyclic) bond motifs is 1. The molecule has 0 aliphatic carbocycles. The first-order chi connectivity index (χ1) is 13.3. The van der Waals surface area contributed by atoms with Crippen molar-refractivity contribution in [2.24, 2.45) is 5.16 Å². The van der Waals surface area contributed by atoms with Crippen LogP contribution in [-0.2, 0) is 13.0 Å². The summed E-state index contributed by atoms with van der Waals surface area (Å²) in [6, 6.07) is 5.14. The molecule has 3 rings (SSSR count). The number of H-pyrrole nitrogens is 1. The Kier molecular flexibility index (Phi) is 5.90. The molecule has 0 bridgehead atoms. The van der Waals surface area contributed by atoms with E-state index in [1.54, 1.807) is 0 Å². The smallest absolute Gasteiger partial charge is 0.186 e. The van der Waals surface area contributed by atoms with E-state index in [1.807, 2.05) is 13.8 Å². The molecule has 0 aliphatic rings. The highest BCUT2D eigenvalue weighted by molar-refractivity contribution is 6.30. The first-order valence-electron chi connectivity index (χ1n) is 8.55. The van der Waals surface area contributed by atoms with Gasteiger partial charge in [-0.1, -0.05) is 36.7 Å². The molecule has 1 aromatic heterocycles. The zero-order chi connectivity index (χ0) is 20.4. The molecule has 0 spiro atoms. The Morgan fingerprint density at radius 2 is 2.00 bits per heavy atom. The number of benzene rings is 2. The minimum Gasteiger partial charge on any atom is -0.411 e. The minimum absolute atomic E-state index is 0.0231. The van der Waals surface area contributed by atoms with E-state index in [9.17, 15) is 18.4 Å². The van der Waals surface area contributed by atoms with Gasteiger partial charge in [0.15, 0.2) is 11.6 Å². The van der Waals surface area contributed by atoms with Crippen LogP contribution in [0, 0.1) is 17.5 Å². The van der Waals surface area contributed by atoms with Crippen LogP contribution in [0.2, 0.25) is 5.02 Å². The summed E-state index contributed by atoms with van der Waals surface area (Å²) >= 11 is 5.78. The molecule has 9 heteroatoms. The van der Waals surface area contributed by atoms with Gasteiger partial charge in [-0.3, -0.25) is 0 Å². The van der Waals surface area contributed by atoms with Gasteiger partial charge in [0.25, 0.3) is 0 Å². The van der Waals surface area contributed by atoms with E-state index in [0.29, 0.717) is 17.9 Å². The molecular formula is C19H18ClF3N4O. The van der Waals surface area contributed by atoms with Gasteiger partial charge in [0, 0.05) is 18.0 Å². The number of nitrogens with zero attached hydrogens (tertiary/aromatic N) is 2. The number of aromatic amines is 1. The van der Waals surface area contributed by atoms with Crippen LogP contribution < -0.4 is 5.32 Å². The van der Waals surface area contributed by atoms with Crippen molar-refractivity contribution in [3.05, 3.63) is 63.7 Å². The normalized spacial score (nSPS) is 12.3. The molecule has 3 N–H and O–H groups in total. The van der Waals surface area contributed by atoms with E-state index in [-0.39, 0.29) is 39.8 Å². The second kappa shape index (κ2) is 8.20. The highest BCUT2D eigenvalue weighted by Gasteiger charge is 2.20. The van der Waals surface area contributed by atoms with Gasteiger partial charge in [-0.15, -0.1) is 0 Å². The van der Waals surface area contributed by atoms with Crippen LogP contribution >= 0.6 is 11.6 Å². The predicted molar refractivity (Wildman–Crippen MR) is 101 cm³/mol. The summed E-state index contributed by atoms with van der Waals surface area (Å²) in [6.45, 7) is 4.21. The van der Waals surface area contributed by atoms with Gasteiger partial charge in [0.2, 0.25) is 0 Å². The average Bonchev–Trinajstić information content (AvgIpc) is 3.08. The number of hydrogen-bond donors (Lipinski definition) is 3. The van der Waals surface area contributed by atoms with Gasteiger partial charge >= 0.3 is 0 Å². The lowest BCUT2D eigenvalue weighted by molar-refractivity contribution is 0.318. The Morgan fingerprint density at radius 3 is 2.64 bits per heavy atom. The number of rotatable bonds is 6. The summed E-state index contributed by atoms with van der Waals surface area (Å²) in [6.07, 6.45) is 0.0231. The van der Waals surface area contributed by atoms with Crippen molar-refractivity contribution in [3.63, 3.8) is 0 Å². The molecule has 28 heavy (non-hydrogen) atoms. The summed E-state index contributed by atoms with van der Waals surface area (Å²) in [5.41, 5.74) is 0.770. The van der Waals surface area contributed by atoms with Crippen LogP contribution in [0.1, 0.15) is 30.8 Å². The third-order valence-electron chi connectivity index (χ3n) is 4.18. The molecule has 0 amide bonds. The maximum atomic E-state index is 14.2. The summed E-state index contributed by atoms with van der Waals surface area (Å²) in [4.78, 5) is 7.07. The zero-order valence-corrected chi connectivity index (χ0v) is 15.9. The van der Waals surface area contributed by atoms with Crippen molar-refractivity contribution in [1.29, 1.82) is 0 Å². The maximum Gasteiger partial charge on any atom is 0.186 e. The Bertz CT molecular complexity index is 1050. The standard InChI is InChI=1S/C19H18ClF3N4O/c1-9(2)24-8-16-25-18-11(7-14(22)17(23)19(18)26-16)15(27-28)6-10-3-4-13(21)12(20)5-10/h3-5,7,9,24,28H,6,8H2,1-2H3,(H,25,26)/b27-15+. The Morgan fingerprint density at radius 1 is 1.25 bits per heavy atom. The van der Waals surface area contributed by atoms with Crippen LogP contribution in [-0.4, -0.2) is 26.9 Å². The quantitative estimate of drug-likeness (QED) is 0.317. The molecule has 1 heterocycles. The Labute approximate surface area is 164 Å². The van der Waals surface area contributed by atoms with Gasteiger partial charge < -0.3 is 15.5 Å². The molecule has 0 radical (unpaired) electrons. The first-order valence-corrected chi connectivity index (χ1v) is 8.93. The van der Waals surface area contributed by atoms with Crippen molar-refractivity contribution < 1.29 is 18.4 Å². The van der Waals surface area contributed by atoms with E-state index in [2.05, 4.69) is 20.4 Å². The van der Waals surface area contributed by atoms with Gasteiger partial charge in [-0.25, -0.2) is 18.2 Å². The summed E-state index contributed by atoms with van der Waals surface area (Å²) in [7, 11) is 0. The van der Waals surface area contributed by atoms with Crippen LogP contribution in [0.15, 0.2) is 29.4 Å². The molecule has 0 saturated heterocycles. The zero-order valence-electron chi connectivity index (χ0n) is 15.2. The fraction of sp³-hybridized carbons (Fsp3) is 0.263. The molecule has 0 atom stereocenters. The Hall–Kier alpha value is -2.58. The molecular weight excluding hydrogens is 393 g/mol. The van der Waals surface area contributed by atoms with Crippen LogP contribution in [0.3, 0.4) is 0 Å². The van der Waals surface area contributed by atoms with E-state index < -0.39 is 17.5 Å². The lowest BCUT2D eigenvalue weighted by Gasteiger charge is -2.08. The number of nitrogens with one attached hydrogen (secondary N) is 2. The van der Waals surface area contributed by atoms with Crippen molar-refractivity contribution >= 4 is 28.3 Å². The monoisotopic (exact) mass is 410 g/mol. The van der Waals surface area contributed by atoms with Crippen LogP contribution in [0.4, 0.5) is 13.2 Å². The molecule has 5 nitrogen and oxygen atoms in total. The summed E-state index contributed by atoms with van der Waals surface area (Å²) in [5, 5.41) is 15.8. The van der Waals surface area contributed by atoms with Crippen molar-refractivity contribution in [2.75, 3.05) is 0 Å². The van der Waals surface area contributed by atoms with E-state index in [1.165, 1.54) is 18.2 Å². The molecule has 148 valence electrons. The second-order valence-corrected chi connectivity index (χ2v) is 7.04. The molecule has 0 fully saturated rings. The van der Waals surface area contributed by atoms with Crippen molar-refractivity contribution in [2.45, 2.75) is 32.9 Å². The summed E-state index contributed by atoms with van der Waals surface area (Å²) in [5.74, 6) is -2.38. The number of oxime groups is 1. The lowest BCUT2D eigenvalue weighted by Crippen LogP contribution is -2.22. The Balaban J connectivity index is 2.04. The van der Waals surface area contributed by atoms with Crippen molar-refractivity contribution in [3.8, 4) is 0 Å². The number of imidazole rings is 1. The maximum absolute atomic E-state index is 14.2. The molecule has 0 unspecified atom stereocenters. The van der Waals surface area contributed by atoms with Gasteiger partial charge in [-0.05, 0) is 23.8 Å². The first kappa shape index (κ1) is 20.2. The molecule has 0 aliphatic heterocycles. The topological polar surface area (TPSA) is 73.3 Å². The van der Waals surface area contributed by atoms with Gasteiger partial charge in [-0.2, -0.15) is 0 Å². The molecule has 2 aromatic carbocycles. The number of hydrogen-bond acceptors (Lipinski definition) is 4. The van der Waals surface area contributed by atoms with Crippen molar-refractivity contribution in [1.82, 2.24) is 15.3 Å². The third kappa shape index (κ3) is 4.13. The average molecular weight is 411 g/mol.